The lowest BCUT2D eigenvalue weighted by Gasteiger charge is -2.17. The smallest absolute Gasteiger partial charge is 0.0514 e. The Bertz CT molecular complexity index is 320. The van der Waals surface area contributed by atoms with E-state index in [9.17, 15) is 0 Å². The van der Waals surface area contributed by atoms with Gasteiger partial charge < -0.3 is 0 Å². The van der Waals surface area contributed by atoms with Gasteiger partial charge >= 0.3 is 0 Å². The molecule has 0 bridgehead atoms. The molecule has 0 aliphatic carbocycles. The summed E-state index contributed by atoms with van der Waals surface area (Å²) < 4.78 is 0. The van der Waals surface area contributed by atoms with Crippen molar-refractivity contribution in [3.63, 3.8) is 0 Å². The van der Waals surface area contributed by atoms with Crippen molar-refractivity contribution < 1.29 is 0 Å². The average Bonchev–Trinajstić information content (AvgIpc) is 2.15. The first-order valence-corrected chi connectivity index (χ1v) is 4.66. The zero-order valence-corrected chi connectivity index (χ0v) is 8.75. The molecule has 1 unspecified atom stereocenters. The first-order chi connectivity index (χ1) is 6.65. The second-order valence-corrected chi connectivity index (χ2v) is 3.61. The van der Waals surface area contributed by atoms with Crippen LogP contribution in [0.2, 0.25) is 0 Å². The van der Waals surface area contributed by atoms with E-state index in [1.165, 1.54) is 5.56 Å². The van der Waals surface area contributed by atoms with Gasteiger partial charge in [-0.1, -0.05) is 5.57 Å². The molecule has 14 heavy (non-hydrogen) atoms. The van der Waals surface area contributed by atoms with E-state index in [1.807, 2.05) is 19.2 Å². The number of rotatable bonds is 4. The average molecular weight is 191 g/mol. The number of nitrogens with two attached hydrogens (primary N) is 1. The van der Waals surface area contributed by atoms with E-state index >= 15 is 0 Å². The zero-order valence-electron chi connectivity index (χ0n) is 8.75. The first-order valence-electron chi connectivity index (χ1n) is 4.66. The molecule has 0 fully saturated rings. The SMILES string of the molecule is C=C(C)CC(NN)c1cnccc1C. The van der Waals surface area contributed by atoms with Crippen molar-refractivity contribution in [3.05, 3.63) is 41.7 Å². The second-order valence-electron chi connectivity index (χ2n) is 3.61. The van der Waals surface area contributed by atoms with Crippen LogP contribution < -0.4 is 11.3 Å². The Morgan fingerprint density at radius 1 is 1.71 bits per heavy atom. The lowest BCUT2D eigenvalue weighted by atomic mass is 9.99. The van der Waals surface area contributed by atoms with Gasteiger partial charge in [-0.3, -0.25) is 16.3 Å². The predicted molar refractivity (Wildman–Crippen MR) is 58.5 cm³/mol. The number of aromatic nitrogens is 1. The van der Waals surface area contributed by atoms with E-state index in [4.69, 9.17) is 5.84 Å². The summed E-state index contributed by atoms with van der Waals surface area (Å²) in [5.74, 6) is 5.50. The molecular formula is C11H17N3. The number of nitrogens with one attached hydrogen (secondary N) is 1. The Morgan fingerprint density at radius 2 is 2.43 bits per heavy atom. The molecule has 3 heteroatoms. The standard InChI is InChI=1S/C11H17N3/c1-8(2)6-11(14-12)10-7-13-5-4-9(10)3/h4-5,7,11,14H,1,6,12H2,2-3H3. The molecule has 1 heterocycles. The summed E-state index contributed by atoms with van der Waals surface area (Å²) in [6, 6.07) is 2.10. The van der Waals surface area contributed by atoms with Crippen LogP contribution in [0.1, 0.15) is 30.5 Å². The molecule has 1 aromatic heterocycles. The maximum Gasteiger partial charge on any atom is 0.0514 e. The fraction of sp³-hybridized carbons (Fsp3) is 0.364. The Morgan fingerprint density at radius 3 is 2.93 bits per heavy atom. The van der Waals surface area contributed by atoms with Crippen molar-refractivity contribution in [2.45, 2.75) is 26.3 Å². The molecular weight excluding hydrogens is 174 g/mol. The van der Waals surface area contributed by atoms with Gasteiger partial charge in [0.2, 0.25) is 0 Å². The van der Waals surface area contributed by atoms with Crippen LogP contribution in [0.3, 0.4) is 0 Å². The summed E-state index contributed by atoms with van der Waals surface area (Å²) in [5.41, 5.74) is 6.23. The molecule has 0 aliphatic rings. The van der Waals surface area contributed by atoms with Crippen LogP contribution in [0, 0.1) is 6.92 Å². The van der Waals surface area contributed by atoms with Gasteiger partial charge in [-0.2, -0.15) is 0 Å². The van der Waals surface area contributed by atoms with Crippen LogP contribution >= 0.6 is 0 Å². The van der Waals surface area contributed by atoms with E-state index in [1.54, 1.807) is 6.20 Å². The predicted octanol–water partition coefficient (Wildman–Crippen LogP) is 1.86. The van der Waals surface area contributed by atoms with Gasteiger partial charge in [-0.25, -0.2) is 0 Å². The first kappa shape index (κ1) is 10.9. The van der Waals surface area contributed by atoms with Crippen LogP contribution in [-0.2, 0) is 0 Å². The second kappa shape index (κ2) is 4.88. The molecule has 76 valence electrons. The van der Waals surface area contributed by atoms with Crippen molar-refractivity contribution in [1.29, 1.82) is 0 Å². The monoisotopic (exact) mass is 191 g/mol. The van der Waals surface area contributed by atoms with E-state index in [2.05, 4.69) is 23.9 Å². The van der Waals surface area contributed by atoms with Crippen molar-refractivity contribution in [2.24, 2.45) is 5.84 Å². The molecule has 0 spiro atoms. The minimum Gasteiger partial charge on any atom is -0.271 e. The van der Waals surface area contributed by atoms with E-state index in [-0.39, 0.29) is 6.04 Å². The topological polar surface area (TPSA) is 50.9 Å². The minimum atomic E-state index is 0.112. The summed E-state index contributed by atoms with van der Waals surface area (Å²) in [6.45, 7) is 7.93. The van der Waals surface area contributed by atoms with Crippen LogP contribution in [0.25, 0.3) is 0 Å². The summed E-state index contributed by atoms with van der Waals surface area (Å²) in [7, 11) is 0. The Balaban J connectivity index is 2.89. The van der Waals surface area contributed by atoms with Gasteiger partial charge in [0.15, 0.2) is 0 Å². The summed E-state index contributed by atoms with van der Waals surface area (Å²) in [5, 5.41) is 0. The Kier molecular flexibility index (Phi) is 3.80. The molecule has 1 rings (SSSR count). The van der Waals surface area contributed by atoms with Crippen molar-refractivity contribution >= 4 is 0 Å². The van der Waals surface area contributed by atoms with Crippen LogP contribution in [0.4, 0.5) is 0 Å². The Labute approximate surface area is 85.0 Å². The highest BCUT2D eigenvalue weighted by molar-refractivity contribution is 5.26. The van der Waals surface area contributed by atoms with Gasteiger partial charge in [0.1, 0.15) is 0 Å². The van der Waals surface area contributed by atoms with Gasteiger partial charge in [-0.15, -0.1) is 6.58 Å². The van der Waals surface area contributed by atoms with Crippen LogP contribution in [0.15, 0.2) is 30.6 Å². The van der Waals surface area contributed by atoms with E-state index in [0.717, 1.165) is 17.6 Å². The van der Waals surface area contributed by atoms with Crippen molar-refractivity contribution in [1.82, 2.24) is 10.4 Å². The Hall–Kier alpha value is -1.19. The molecule has 0 aliphatic heterocycles. The van der Waals surface area contributed by atoms with Crippen molar-refractivity contribution in [2.75, 3.05) is 0 Å². The number of hydrazine groups is 1. The normalized spacial score (nSPS) is 12.5. The third-order valence-corrected chi connectivity index (χ3v) is 2.21. The van der Waals surface area contributed by atoms with E-state index < -0.39 is 0 Å². The molecule has 0 amide bonds. The van der Waals surface area contributed by atoms with Gasteiger partial charge in [0.25, 0.3) is 0 Å². The number of pyridine rings is 1. The van der Waals surface area contributed by atoms with Crippen LogP contribution in [-0.4, -0.2) is 4.98 Å². The lowest BCUT2D eigenvalue weighted by molar-refractivity contribution is 0.546. The third kappa shape index (κ3) is 2.65. The summed E-state index contributed by atoms with van der Waals surface area (Å²) in [6.07, 6.45) is 4.47. The minimum absolute atomic E-state index is 0.112. The number of hydrogen-bond donors (Lipinski definition) is 2. The summed E-state index contributed by atoms with van der Waals surface area (Å²) >= 11 is 0. The zero-order chi connectivity index (χ0) is 10.6. The van der Waals surface area contributed by atoms with Gasteiger partial charge in [-0.05, 0) is 37.5 Å². The molecule has 3 N–H and O–H groups in total. The van der Waals surface area contributed by atoms with Crippen molar-refractivity contribution in [3.8, 4) is 0 Å². The fourth-order valence-corrected chi connectivity index (χ4v) is 1.45. The molecule has 0 radical (unpaired) electrons. The molecule has 0 saturated carbocycles. The van der Waals surface area contributed by atoms with E-state index in [0.29, 0.717) is 0 Å². The van der Waals surface area contributed by atoms with Gasteiger partial charge in [0.05, 0.1) is 6.04 Å². The molecule has 0 aromatic carbocycles. The number of nitrogens with zero attached hydrogens (tertiary/aromatic N) is 1. The summed E-state index contributed by atoms with van der Waals surface area (Å²) in [4.78, 5) is 4.10. The highest BCUT2D eigenvalue weighted by Crippen LogP contribution is 2.21. The third-order valence-electron chi connectivity index (χ3n) is 2.21. The maximum absolute atomic E-state index is 5.50. The molecule has 1 aromatic rings. The fourth-order valence-electron chi connectivity index (χ4n) is 1.45. The largest absolute Gasteiger partial charge is 0.271 e. The highest BCUT2D eigenvalue weighted by atomic mass is 15.2. The molecule has 1 atom stereocenters. The van der Waals surface area contributed by atoms with Crippen LogP contribution in [0.5, 0.6) is 0 Å². The number of hydrogen-bond acceptors (Lipinski definition) is 3. The quantitative estimate of drug-likeness (QED) is 0.434. The number of aryl methyl sites for hydroxylation is 1. The maximum atomic E-state index is 5.50. The lowest BCUT2D eigenvalue weighted by Crippen LogP contribution is -2.28. The molecule has 3 nitrogen and oxygen atoms in total. The van der Waals surface area contributed by atoms with Gasteiger partial charge in [0, 0.05) is 12.4 Å². The molecule has 0 saturated heterocycles. The highest BCUT2D eigenvalue weighted by Gasteiger charge is 2.11.